The van der Waals surface area contributed by atoms with Gasteiger partial charge in [0.15, 0.2) is 5.69 Å². The Bertz CT molecular complexity index is 778. The summed E-state index contributed by atoms with van der Waals surface area (Å²) in [5.41, 5.74) is 1.46. The van der Waals surface area contributed by atoms with Crippen molar-refractivity contribution in [3.05, 3.63) is 47.8 Å². The standard InChI is InChI=1S/C18H22N6O2/c25-17(22-8-4-5-9-22)16-13-24(21-20-16)15-11-23(12-15)18(26)19-10-14-6-2-1-3-7-14/h1-3,6-7,13,15H,4-5,8-12H2,(H,19,26). The first-order valence-electron chi connectivity index (χ1n) is 8.98. The van der Waals surface area contributed by atoms with Gasteiger partial charge in [0.05, 0.1) is 12.2 Å². The average Bonchev–Trinajstić information content (AvgIpc) is 3.31. The van der Waals surface area contributed by atoms with Gasteiger partial charge in [-0.3, -0.25) is 4.79 Å². The lowest BCUT2D eigenvalue weighted by molar-refractivity contribution is 0.0786. The van der Waals surface area contributed by atoms with E-state index in [-0.39, 0.29) is 18.0 Å². The summed E-state index contributed by atoms with van der Waals surface area (Å²) in [6, 6.07) is 9.80. The van der Waals surface area contributed by atoms with Gasteiger partial charge in [0.1, 0.15) is 0 Å². The van der Waals surface area contributed by atoms with Gasteiger partial charge >= 0.3 is 6.03 Å². The molecule has 0 unspecified atom stereocenters. The quantitative estimate of drug-likeness (QED) is 0.897. The number of hydrogen-bond acceptors (Lipinski definition) is 4. The molecule has 0 bridgehead atoms. The number of likely N-dealkylation sites (tertiary alicyclic amines) is 2. The normalized spacial score (nSPS) is 17.2. The third-order valence-corrected chi connectivity index (χ3v) is 4.93. The van der Waals surface area contributed by atoms with Crippen molar-refractivity contribution in [1.29, 1.82) is 0 Å². The summed E-state index contributed by atoms with van der Waals surface area (Å²) in [7, 11) is 0. The highest BCUT2D eigenvalue weighted by atomic mass is 16.2. The highest BCUT2D eigenvalue weighted by molar-refractivity contribution is 5.92. The van der Waals surface area contributed by atoms with E-state index in [4.69, 9.17) is 0 Å². The van der Waals surface area contributed by atoms with Crippen LogP contribution in [0.25, 0.3) is 0 Å². The van der Waals surface area contributed by atoms with Crippen LogP contribution in [0.2, 0.25) is 0 Å². The number of aromatic nitrogens is 3. The number of nitrogens with zero attached hydrogens (tertiary/aromatic N) is 5. The Morgan fingerprint density at radius 1 is 1.08 bits per heavy atom. The Labute approximate surface area is 151 Å². The molecule has 136 valence electrons. The van der Waals surface area contributed by atoms with Crippen LogP contribution in [-0.4, -0.2) is 62.9 Å². The van der Waals surface area contributed by atoms with Crippen molar-refractivity contribution in [2.24, 2.45) is 0 Å². The average molecular weight is 354 g/mol. The molecule has 0 saturated carbocycles. The van der Waals surface area contributed by atoms with E-state index in [1.54, 1.807) is 15.8 Å². The van der Waals surface area contributed by atoms with Crippen LogP contribution >= 0.6 is 0 Å². The first kappa shape index (κ1) is 16.6. The second-order valence-electron chi connectivity index (χ2n) is 6.79. The molecule has 2 aromatic rings. The smallest absolute Gasteiger partial charge is 0.317 e. The summed E-state index contributed by atoms with van der Waals surface area (Å²) in [4.78, 5) is 28.0. The van der Waals surface area contributed by atoms with E-state index >= 15 is 0 Å². The van der Waals surface area contributed by atoms with Gasteiger partial charge in [-0.25, -0.2) is 9.48 Å². The van der Waals surface area contributed by atoms with E-state index in [1.165, 1.54) is 0 Å². The number of carbonyl (C=O) groups is 2. The monoisotopic (exact) mass is 354 g/mol. The van der Waals surface area contributed by atoms with E-state index in [0.29, 0.717) is 25.3 Å². The molecular formula is C18H22N6O2. The summed E-state index contributed by atoms with van der Waals surface area (Å²) in [5, 5.41) is 11.0. The van der Waals surface area contributed by atoms with Gasteiger partial charge < -0.3 is 15.1 Å². The highest BCUT2D eigenvalue weighted by Crippen LogP contribution is 2.21. The predicted molar refractivity (Wildman–Crippen MR) is 94.4 cm³/mol. The number of nitrogens with one attached hydrogen (secondary N) is 1. The van der Waals surface area contributed by atoms with Gasteiger partial charge in [-0.15, -0.1) is 5.10 Å². The fourth-order valence-corrected chi connectivity index (χ4v) is 3.31. The third kappa shape index (κ3) is 3.40. The molecule has 8 heteroatoms. The van der Waals surface area contributed by atoms with Crippen LogP contribution in [-0.2, 0) is 6.54 Å². The van der Waals surface area contributed by atoms with Crippen LogP contribution in [0.4, 0.5) is 4.79 Å². The predicted octanol–water partition coefficient (Wildman–Crippen LogP) is 1.28. The molecule has 0 aliphatic carbocycles. The Balaban J connectivity index is 1.26. The summed E-state index contributed by atoms with van der Waals surface area (Å²) in [5.74, 6) is -0.0504. The van der Waals surface area contributed by atoms with Crippen molar-refractivity contribution in [3.63, 3.8) is 0 Å². The number of amides is 3. The van der Waals surface area contributed by atoms with Crippen LogP contribution in [0.3, 0.4) is 0 Å². The van der Waals surface area contributed by atoms with Crippen molar-refractivity contribution in [2.75, 3.05) is 26.2 Å². The fourth-order valence-electron chi connectivity index (χ4n) is 3.31. The second-order valence-corrected chi connectivity index (χ2v) is 6.79. The molecule has 1 aromatic carbocycles. The van der Waals surface area contributed by atoms with Crippen LogP contribution < -0.4 is 5.32 Å². The summed E-state index contributed by atoms with van der Waals surface area (Å²) >= 11 is 0. The van der Waals surface area contributed by atoms with E-state index < -0.39 is 0 Å². The zero-order chi connectivity index (χ0) is 17.9. The van der Waals surface area contributed by atoms with Crippen molar-refractivity contribution in [2.45, 2.75) is 25.4 Å². The molecule has 26 heavy (non-hydrogen) atoms. The van der Waals surface area contributed by atoms with Crippen molar-refractivity contribution >= 4 is 11.9 Å². The number of hydrogen-bond donors (Lipinski definition) is 1. The van der Waals surface area contributed by atoms with Gasteiger partial charge in [0, 0.05) is 32.7 Å². The Morgan fingerprint density at radius 3 is 2.54 bits per heavy atom. The zero-order valence-corrected chi connectivity index (χ0v) is 14.5. The van der Waals surface area contributed by atoms with Gasteiger partial charge in [-0.1, -0.05) is 35.5 Å². The van der Waals surface area contributed by atoms with E-state index in [1.807, 2.05) is 35.2 Å². The lowest BCUT2D eigenvalue weighted by atomic mass is 10.1. The molecule has 2 fully saturated rings. The molecule has 1 aromatic heterocycles. The van der Waals surface area contributed by atoms with Crippen LogP contribution in [0.15, 0.2) is 36.5 Å². The number of carbonyl (C=O) groups excluding carboxylic acids is 2. The van der Waals surface area contributed by atoms with E-state index in [2.05, 4.69) is 15.6 Å². The zero-order valence-electron chi connectivity index (χ0n) is 14.5. The first-order chi connectivity index (χ1) is 12.7. The lowest BCUT2D eigenvalue weighted by Gasteiger charge is -2.38. The summed E-state index contributed by atoms with van der Waals surface area (Å²) in [6.45, 7) is 3.25. The van der Waals surface area contributed by atoms with Gasteiger partial charge in [0.25, 0.3) is 5.91 Å². The van der Waals surface area contributed by atoms with Crippen molar-refractivity contribution in [1.82, 2.24) is 30.1 Å². The molecule has 0 spiro atoms. The van der Waals surface area contributed by atoms with Crippen LogP contribution in [0.1, 0.15) is 34.9 Å². The van der Waals surface area contributed by atoms with Gasteiger partial charge in [-0.2, -0.15) is 0 Å². The number of benzene rings is 1. The Kier molecular flexibility index (Phi) is 4.55. The molecule has 8 nitrogen and oxygen atoms in total. The molecule has 4 rings (SSSR count). The van der Waals surface area contributed by atoms with Crippen molar-refractivity contribution in [3.8, 4) is 0 Å². The minimum atomic E-state index is -0.0846. The van der Waals surface area contributed by atoms with Crippen LogP contribution in [0, 0.1) is 0 Å². The molecular weight excluding hydrogens is 332 g/mol. The number of rotatable bonds is 4. The third-order valence-electron chi connectivity index (χ3n) is 4.93. The molecule has 3 heterocycles. The first-order valence-corrected chi connectivity index (χ1v) is 8.98. The SMILES string of the molecule is O=C(NCc1ccccc1)N1CC(n2cc(C(=O)N3CCCC3)nn2)C1. The maximum atomic E-state index is 12.3. The lowest BCUT2D eigenvalue weighted by Crippen LogP contribution is -2.54. The summed E-state index contributed by atoms with van der Waals surface area (Å²) in [6.07, 6.45) is 3.80. The molecule has 2 aliphatic heterocycles. The molecule has 2 saturated heterocycles. The maximum Gasteiger partial charge on any atom is 0.317 e. The molecule has 3 amide bonds. The largest absolute Gasteiger partial charge is 0.337 e. The maximum absolute atomic E-state index is 12.3. The number of urea groups is 1. The van der Waals surface area contributed by atoms with E-state index in [9.17, 15) is 9.59 Å². The van der Waals surface area contributed by atoms with Gasteiger partial charge in [0.2, 0.25) is 0 Å². The van der Waals surface area contributed by atoms with E-state index in [0.717, 1.165) is 31.5 Å². The minimum Gasteiger partial charge on any atom is -0.337 e. The second kappa shape index (κ2) is 7.15. The van der Waals surface area contributed by atoms with Crippen LogP contribution in [0.5, 0.6) is 0 Å². The van der Waals surface area contributed by atoms with Gasteiger partial charge in [-0.05, 0) is 18.4 Å². The summed E-state index contributed by atoms with van der Waals surface area (Å²) < 4.78 is 1.70. The molecule has 0 radical (unpaired) electrons. The molecule has 2 aliphatic rings. The molecule has 0 atom stereocenters. The topological polar surface area (TPSA) is 83.4 Å². The Hall–Kier alpha value is -2.90. The highest BCUT2D eigenvalue weighted by Gasteiger charge is 2.33. The Morgan fingerprint density at radius 2 is 1.81 bits per heavy atom. The minimum absolute atomic E-state index is 0.0504. The fraction of sp³-hybridized carbons (Fsp3) is 0.444. The molecule has 1 N–H and O–H groups in total. The van der Waals surface area contributed by atoms with Crippen molar-refractivity contribution < 1.29 is 9.59 Å².